The first-order valence-corrected chi connectivity index (χ1v) is 8.67. The molecule has 0 saturated carbocycles. The maximum Gasteiger partial charge on any atom is 0.254 e. The SMILES string of the molecule is Cc1ccc(NC(=O)CC2CCCCO2)cc1C(=O)N(C)C(C)C. The predicted molar refractivity (Wildman–Crippen MR) is 95.2 cm³/mol. The lowest BCUT2D eigenvalue weighted by molar-refractivity contribution is -0.119. The van der Waals surface area contributed by atoms with E-state index in [1.165, 1.54) is 0 Å². The van der Waals surface area contributed by atoms with Gasteiger partial charge >= 0.3 is 0 Å². The summed E-state index contributed by atoms with van der Waals surface area (Å²) in [6, 6.07) is 5.59. The molecule has 0 radical (unpaired) electrons. The van der Waals surface area contributed by atoms with E-state index in [4.69, 9.17) is 4.74 Å². The van der Waals surface area contributed by atoms with Crippen molar-refractivity contribution < 1.29 is 14.3 Å². The highest BCUT2D eigenvalue weighted by atomic mass is 16.5. The van der Waals surface area contributed by atoms with E-state index in [0.717, 1.165) is 31.4 Å². The van der Waals surface area contributed by atoms with Crippen molar-refractivity contribution in [3.63, 3.8) is 0 Å². The van der Waals surface area contributed by atoms with Gasteiger partial charge in [0.2, 0.25) is 5.91 Å². The monoisotopic (exact) mass is 332 g/mol. The fraction of sp³-hybridized carbons (Fsp3) is 0.579. The van der Waals surface area contributed by atoms with Crippen LogP contribution in [0.15, 0.2) is 18.2 Å². The van der Waals surface area contributed by atoms with E-state index >= 15 is 0 Å². The van der Waals surface area contributed by atoms with E-state index in [1.54, 1.807) is 18.0 Å². The number of amides is 2. The average molecular weight is 332 g/mol. The lowest BCUT2D eigenvalue weighted by atomic mass is 10.0. The minimum absolute atomic E-state index is 0.0115. The first-order chi connectivity index (χ1) is 11.4. The summed E-state index contributed by atoms with van der Waals surface area (Å²) in [4.78, 5) is 26.5. The molecule has 5 nitrogen and oxygen atoms in total. The van der Waals surface area contributed by atoms with Crippen LogP contribution in [0.5, 0.6) is 0 Å². The fourth-order valence-corrected chi connectivity index (χ4v) is 2.74. The summed E-state index contributed by atoms with van der Waals surface area (Å²) in [6.45, 7) is 6.59. The smallest absolute Gasteiger partial charge is 0.254 e. The molecular formula is C19H28N2O3. The first-order valence-electron chi connectivity index (χ1n) is 8.67. The van der Waals surface area contributed by atoms with Crippen LogP contribution in [0.2, 0.25) is 0 Å². The number of nitrogens with zero attached hydrogens (tertiary/aromatic N) is 1. The van der Waals surface area contributed by atoms with Gasteiger partial charge in [0.15, 0.2) is 0 Å². The van der Waals surface area contributed by atoms with Crippen LogP contribution in [0.1, 0.15) is 55.5 Å². The van der Waals surface area contributed by atoms with Crippen LogP contribution in [0.3, 0.4) is 0 Å². The van der Waals surface area contributed by atoms with Gasteiger partial charge in [0.25, 0.3) is 5.91 Å². The third-order valence-corrected chi connectivity index (χ3v) is 4.53. The Balaban J connectivity index is 2.04. The minimum atomic E-state index is -0.0682. The third kappa shape index (κ3) is 4.81. The minimum Gasteiger partial charge on any atom is -0.378 e. The third-order valence-electron chi connectivity index (χ3n) is 4.53. The van der Waals surface area contributed by atoms with Crippen LogP contribution in [0.25, 0.3) is 0 Å². The Bertz CT molecular complexity index is 592. The van der Waals surface area contributed by atoms with Crippen LogP contribution in [0.4, 0.5) is 5.69 Å². The molecule has 24 heavy (non-hydrogen) atoms. The van der Waals surface area contributed by atoms with Gasteiger partial charge in [-0.1, -0.05) is 6.07 Å². The van der Waals surface area contributed by atoms with Gasteiger partial charge in [-0.3, -0.25) is 9.59 Å². The van der Waals surface area contributed by atoms with Crippen molar-refractivity contribution in [1.82, 2.24) is 4.90 Å². The van der Waals surface area contributed by atoms with Gasteiger partial charge in [-0.25, -0.2) is 0 Å². The van der Waals surface area contributed by atoms with Gasteiger partial charge in [0.1, 0.15) is 0 Å². The normalized spacial score (nSPS) is 17.6. The highest BCUT2D eigenvalue weighted by Crippen LogP contribution is 2.20. The Labute approximate surface area is 144 Å². The lowest BCUT2D eigenvalue weighted by Crippen LogP contribution is -2.33. The van der Waals surface area contributed by atoms with Gasteiger partial charge < -0.3 is 15.0 Å². The predicted octanol–water partition coefficient (Wildman–Crippen LogP) is 3.37. The Morgan fingerprint density at radius 1 is 1.33 bits per heavy atom. The van der Waals surface area contributed by atoms with Crippen LogP contribution in [0, 0.1) is 6.92 Å². The summed E-state index contributed by atoms with van der Waals surface area (Å²) < 4.78 is 5.60. The highest BCUT2D eigenvalue weighted by Gasteiger charge is 2.19. The fourth-order valence-electron chi connectivity index (χ4n) is 2.74. The topological polar surface area (TPSA) is 58.6 Å². The van der Waals surface area contributed by atoms with Gasteiger partial charge in [-0.15, -0.1) is 0 Å². The molecule has 0 aromatic heterocycles. The molecule has 1 aliphatic heterocycles. The van der Waals surface area contributed by atoms with Crippen LogP contribution >= 0.6 is 0 Å². The van der Waals surface area contributed by atoms with E-state index < -0.39 is 0 Å². The number of nitrogens with one attached hydrogen (secondary N) is 1. The summed E-state index contributed by atoms with van der Waals surface area (Å²) in [5.74, 6) is -0.101. The highest BCUT2D eigenvalue weighted by molar-refractivity contribution is 5.98. The molecule has 0 spiro atoms. The first kappa shape index (κ1) is 18.5. The van der Waals surface area contributed by atoms with E-state index in [0.29, 0.717) is 17.7 Å². The molecule has 1 fully saturated rings. The van der Waals surface area contributed by atoms with E-state index in [-0.39, 0.29) is 24.0 Å². The molecule has 1 heterocycles. The zero-order chi connectivity index (χ0) is 17.7. The largest absolute Gasteiger partial charge is 0.378 e. The van der Waals surface area contributed by atoms with Crippen molar-refractivity contribution in [2.75, 3.05) is 19.0 Å². The zero-order valence-corrected chi connectivity index (χ0v) is 15.1. The van der Waals surface area contributed by atoms with Crippen LogP contribution in [-0.2, 0) is 9.53 Å². The summed E-state index contributed by atoms with van der Waals surface area (Å²) in [6.07, 6.45) is 3.50. The number of carbonyl (C=O) groups is 2. The number of carbonyl (C=O) groups excluding carboxylic acids is 2. The molecule has 132 valence electrons. The van der Waals surface area contributed by atoms with Gasteiger partial charge in [-0.05, 0) is 57.7 Å². The molecule has 1 atom stereocenters. The second-order valence-corrected chi connectivity index (χ2v) is 6.78. The molecule has 1 N–H and O–H groups in total. The Kier molecular flexibility index (Phi) is 6.37. The van der Waals surface area contributed by atoms with Crippen molar-refractivity contribution in [2.45, 2.75) is 58.6 Å². The molecule has 1 aliphatic rings. The van der Waals surface area contributed by atoms with Crippen molar-refractivity contribution in [1.29, 1.82) is 0 Å². The Hall–Kier alpha value is -1.88. The van der Waals surface area contributed by atoms with Crippen LogP contribution in [-0.4, -0.2) is 42.5 Å². The maximum absolute atomic E-state index is 12.6. The van der Waals surface area contributed by atoms with E-state index in [2.05, 4.69) is 5.32 Å². The number of hydrogen-bond donors (Lipinski definition) is 1. The van der Waals surface area contributed by atoms with Gasteiger partial charge in [-0.2, -0.15) is 0 Å². The molecule has 1 unspecified atom stereocenters. The van der Waals surface area contributed by atoms with Crippen molar-refractivity contribution in [3.8, 4) is 0 Å². The summed E-state index contributed by atoms with van der Waals surface area (Å²) in [5, 5.41) is 2.89. The Morgan fingerprint density at radius 3 is 2.71 bits per heavy atom. The van der Waals surface area contributed by atoms with Crippen LogP contribution < -0.4 is 5.32 Å². The maximum atomic E-state index is 12.6. The summed E-state index contributed by atoms with van der Waals surface area (Å²) in [5.41, 5.74) is 2.18. The Morgan fingerprint density at radius 2 is 2.08 bits per heavy atom. The molecule has 2 rings (SSSR count). The van der Waals surface area contributed by atoms with E-state index in [1.807, 2.05) is 32.9 Å². The van der Waals surface area contributed by atoms with E-state index in [9.17, 15) is 9.59 Å². The second-order valence-electron chi connectivity index (χ2n) is 6.78. The van der Waals surface area contributed by atoms with Gasteiger partial charge in [0.05, 0.1) is 12.5 Å². The molecule has 2 amide bonds. The number of rotatable bonds is 5. The molecule has 1 aromatic carbocycles. The summed E-state index contributed by atoms with van der Waals surface area (Å²) >= 11 is 0. The molecule has 0 aliphatic carbocycles. The lowest BCUT2D eigenvalue weighted by Gasteiger charge is -2.23. The quantitative estimate of drug-likeness (QED) is 0.899. The molecule has 0 bridgehead atoms. The average Bonchev–Trinajstić information content (AvgIpc) is 2.56. The number of ether oxygens (including phenoxy) is 1. The molecule has 5 heteroatoms. The summed E-state index contributed by atoms with van der Waals surface area (Å²) in [7, 11) is 1.79. The standard InChI is InChI=1S/C19H28N2O3/c1-13(2)21(4)19(23)17-11-15(9-8-14(17)3)20-18(22)12-16-7-5-6-10-24-16/h8-9,11,13,16H,5-7,10,12H2,1-4H3,(H,20,22). The second kappa shape index (κ2) is 8.29. The number of aryl methyl sites for hydroxylation is 1. The van der Waals surface area contributed by atoms with Crippen molar-refractivity contribution in [2.24, 2.45) is 0 Å². The number of benzene rings is 1. The molecule has 1 saturated heterocycles. The van der Waals surface area contributed by atoms with Crippen molar-refractivity contribution >= 4 is 17.5 Å². The zero-order valence-electron chi connectivity index (χ0n) is 15.1. The van der Waals surface area contributed by atoms with Gasteiger partial charge in [0, 0.05) is 30.9 Å². The molecular weight excluding hydrogens is 304 g/mol. The van der Waals surface area contributed by atoms with Crippen molar-refractivity contribution in [3.05, 3.63) is 29.3 Å². The number of anilines is 1. The molecule has 1 aromatic rings. The number of hydrogen-bond acceptors (Lipinski definition) is 3.